The molecule has 0 bridgehead atoms. The molecule has 0 fully saturated rings. The van der Waals surface area contributed by atoms with Gasteiger partial charge in [-0.15, -0.1) is 0 Å². The Morgan fingerprint density at radius 2 is 1.90 bits per heavy atom. The van der Waals surface area contributed by atoms with Crippen LogP contribution in [0.5, 0.6) is 5.75 Å². The number of guanidine groups is 1. The highest BCUT2D eigenvalue weighted by molar-refractivity contribution is 5.79. The lowest BCUT2D eigenvalue weighted by Crippen LogP contribution is -2.38. The molecule has 0 aliphatic rings. The normalized spacial score (nSPS) is 11.6. The first-order valence-corrected chi connectivity index (χ1v) is 6.88. The fourth-order valence-corrected chi connectivity index (χ4v) is 1.75. The molecule has 0 aromatic heterocycles. The SMILES string of the molecule is CN=C(NCCCN(C)C)NCc1ccc(OC)cc1. The van der Waals surface area contributed by atoms with Crippen LogP contribution in [0.2, 0.25) is 0 Å². The summed E-state index contributed by atoms with van der Waals surface area (Å²) >= 11 is 0. The van der Waals surface area contributed by atoms with Gasteiger partial charge in [-0.1, -0.05) is 12.1 Å². The third-order valence-corrected chi connectivity index (χ3v) is 2.92. The predicted octanol–water partition coefficient (Wildman–Crippen LogP) is 1.31. The van der Waals surface area contributed by atoms with E-state index in [-0.39, 0.29) is 0 Å². The van der Waals surface area contributed by atoms with E-state index in [0.29, 0.717) is 0 Å². The summed E-state index contributed by atoms with van der Waals surface area (Å²) < 4.78 is 5.14. The summed E-state index contributed by atoms with van der Waals surface area (Å²) in [7, 11) is 7.62. The molecule has 1 aromatic rings. The maximum Gasteiger partial charge on any atom is 0.191 e. The van der Waals surface area contributed by atoms with E-state index in [1.165, 1.54) is 5.56 Å². The van der Waals surface area contributed by atoms with Crippen LogP contribution in [0.15, 0.2) is 29.3 Å². The minimum atomic E-state index is 0.747. The fraction of sp³-hybridized carbons (Fsp3) is 0.533. The molecule has 0 aliphatic heterocycles. The molecule has 5 heteroatoms. The van der Waals surface area contributed by atoms with Crippen molar-refractivity contribution in [3.8, 4) is 5.75 Å². The molecule has 0 unspecified atom stereocenters. The minimum absolute atomic E-state index is 0.747. The molecular formula is C15H26N4O. The minimum Gasteiger partial charge on any atom is -0.497 e. The molecule has 112 valence electrons. The van der Waals surface area contributed by atoms with E-state index in [9.17, 15) is 0 Å². The standard InChI is InChI=1S/C15H26N4O/c1-16-15(17-10-5-11-19(2)3)18-12-13-6-8-14(20-4)9-7-13/h6-9H,5,10-12H2,1-4H3,(H2,16,17,18). The van der Waals surface area contributed by atoms with Crippen LogP contribution in [0.4, 0.5) is 0 Å². The van der Waals surface area contributed by atoms with Crippen LogP contribution in [-0.2, 0) is 6.54 Å². The number of benzene rings is 1. The van der Waals surface area contributed by atoms with E-state index in [1.54, 1.807) is 14.2 Å². The molecule has 0 spiro atoms. The highest BCUT2D eigenvalue weighted by atomic mass is 16.5. The third-order valence-electron chi connectivity index (χ3n) is 2.92. The van der Waals surface area contributed by atoms with Crippen molar-refractivity contribution in [3.63, 3.8) is 0 Å². The number of methoxy groups -OCH3 is 1. The maximum atomic E-state index is 5.14. The average molecular weight is 278 g/mol. The Morgan fingerprint density at radius 3 is 2.45 bits per heavy atom. The number of rotatable bonds is 7. The molecule has 5 nitrogen and oxygen atoms in total. The second-order valence-electron chi connectivity index (χ2n) is 4.86. The highest BCUT2D eigenvalue weighted by Gasteiger charge is 1.99. The second-order valence-corrected chi connectivity index (χ2v) is 4.86. The van der Waals surface area contributed by atoms with E-state index >= 15 is 0 Å². The zero-order valence-corrected chi connectivity index (χ0v) is 12.9. The Kier molecular flexibility index (Phi) is 7.50. The van der Waals surface area contributed by atoms with Crippen LogP contribution < -0.4 is 15.4 Å². The summed E-state index contributed by atoms with van der Waals surface area (Å²) in [6.07, 6.45) is 1.09. The number of ether oxygens (including phenoxy) is 1. The van der Waals surface area contributed by atoms with E-state index in [0.717, 1.165) is 37.8 Å². The van der Waals surface area contributed by atoms with Gasteiger partial charge in [0.05, 0.1) is 7.11 Å². The molecule has 0 atom stereocenters. The smallest absolute Gasteiger partial charge is 0.191 e. The number of aliphatic imine (C=N–C) groups is 1. The van der Waals surface area contributed by atoms with E-state index in [2.05, 4.69) is 34.6 Å². The van der Waals surface area contributed by atoms with Gasteiger partial charge in [-0.25, -0.2) is 0 Å². The Morgan fingerprint density at radius 1 is 1.20 bits per heavy atom. The van der Waals surface area contributed by atoms with Crippen molar-refractivity contribution in [3.05, 3.63) is 29.8 Å². The molecular weight excluding hydrogens is 252 g/mol. The average Bonchev–Trinajstić information content (AvgIpc) is 2.47. The first-order chi connectivity index (χ1) is 9.65. The van der Waals surface area contributed by atoms with Gasteiger partial charge < -0.3 is 20.3 Å². The molecule has 1 rings (SSSR count). The first-order valence-electron chi connectivity index (χ1n) is 6.88. The Bertz CT molecular complexity index is 401. The number of hydrogen-bond donors (Lipinski definition) is 2. The van der Waals surface area contributed by atoms with E-state index in [1.807, 2.05) is 24.3 Å². The van der Waals surface area contributed by atoms with Gasteiger partial charge in [-0.2, -0.15) is 0 Å². The topological polar surface area (TPSA) is 48.9 Å². The third kappa shape index (κ3) is 6.43. The molecule has 0 amide bonds. The van der Waals surface area contributed by atoms with Gasteiger partial charge in [-0.05, 0) is 44.8 Å². The zero-order chi connectivity index (χ0) is 14.8. The quantitative estimate of drug-likeness (QED) is 0.448. The molecule has 1 aromatic carbocycles. The summed E-state index contributed by atoms with van der Waals surface area (Å²) in [6, 6.07) is 8.02. The Balaban J connectivity index is 2.30. The summed E-state index contributed by atoms with van der Waals surface area (Å²) in [4.78, 5) is 6.39. The number of nitrogens with one attached hydrogen (secondary N) is 2. The van der Waals surface area contributed by atoms with Crippen LogP contribution in [0.1, 0.15) is 12.0 Å². The molecule has 2 N–H and O–H groups in total. The maximum absolute atomic E-state index is 5.14. The summed E-state index contributed by atoms with van der Waals surface area (Å²) in [5.41, 5.74) is 1.20. The monoisotopic (exact) mass is 278 g/mol. The van der Waals surface area contributed by atoms with Crippen molar-refractivity contribution in [2.24, 2.45) is 4.99 Å². The molecule has 0 radical (unpaired) electrons. The lowest BCUT2D eigenvalue weighted by Gasteiger charge is -2.13. The van der Waals surface area contributed by atoms with Crippen molar-refractivity contribution in [2.75, 3.05) is 41.3 Å². The van der Waals surface area contributed by atoms with Crippen molar-refractivity contribution in [1.29, 1.82) is 0 Å². The van der Waals surface area contributed by atoms with Crippen LogP contribution in [0.25, 0.3) is 0 Å². The van der Waals surface area contributed by atoms with Gasteiger partial charge in [0.1, 0.15) is 5.75 Å². The van der Waals surface area contributed by atoms with Crippen LogP contribution >= 0.6 is 0 Å². The van der Waals surface area contributed by atoms with E-state index in [4.69, 9.17) is 4.74 Å². The zero-order valence-electron chi connectivity index (χ0n) is 12.9. The van der Waals surface area contributed by atoms with E-state index < -0.39 is 0 Å². The molecule has 20 heavy (non-hydrogen) atoms. The largest absolute Gasteiger partial charge is 0.497 e. The lowest BCUT2D eigenvalue weighted by molar-refractivity contribution is 0.399. The first kappa shape index (κ1) is 16.3. The Hall–Kier alpha value is -1.75. The second kappa shape index (κ2) is 9.20. The van der Waals surface area contributed by atoms with Crippen molar-refractivity contribution in [1.82, 2.24) is 15.5 Å². The number of hydrogen-bond acceptors (Lipinski definition) is 3. The summed E-state index contributed by atoms with van der Waals surface area (Å²) in [6.45, 7) is 2.74. The lowest BCUT2D eigenvalue weighted by atomic mass is 10.2. The Labute approximate surface area is 122 Å². The van der Waals surface area contributed by atoms with Gasteiger partial charge in [0.2, 0.25) is 0 Å². The van der Waals surface area contributed by atoms with Gasteiger partial charge in [0.15, 0.2) is 5.96 Å². The van der Waals surface area contributed by atoms with Crippen molar-refractivity contribution >= 4 is 5.96 Å². The summed E-state index contributed by atoms with van der Waals surface area (Å²) in [5.74, 6) is 1.71. The molecule has 0 saturated heterocycles. The van der Waals surface area contributed by atoms with Crippen LogP contribution in [0.3, 0.4) is 0 Å². The molecule has 0 aliphatic carbocycles. The van der Waals surface area contributed by atoms with Crippen LogP contribution in [-0.4, -0.2) is 52.2 Å². The van der Waals surface area contributed by atoms with Gasteiger partial charge in [0.25, 0.3) is 0 Å². The van der Waals surface area contributed by atoms with Gasteiger partial charge in [-0.3, -0.25) is 4.99 Å². The summed E-state index contributed by atoms with van der Waals surface area (Å²) in [5, 5.41) is 6.60. The van der Waals surface area contributed by atoms with Gasteiger partial charge >= 0.3 is 0 Å². The van der Waals surface area contributed by atoms with Gasteiger partial charge in [0, 0.05) is 20.1 Å². The fourth-order valence-electron chi connectivity index (χ4n) is 1.75. The van der Waals surface area contributed by atoms with Crippen molar-refractivity contribution in [2.45, 2.75) is 13.0 Å². The number of nitrogens with zero attached hydrogens (tertiary/aromatic N) is 2. The van der Waals surface area contributed by atoms with Crippen LogP contribution in [0, 0.1) is 0 Å². The highest BCUT2D eigenvalue weighted by Crippen LogP contribution is 2.10. The molecule has 0 saturated carbocycles. The van der Waals surface area contributed by atoms with Crippen molar-refractivity contribution < 1.29 is 4.74 Å². The predicted molar refractivity (Wildman–Crippen MR) is 84.4 cm³/mol. The molecule has 0 heterocycles.